The molecule has 0 atom stereocenters. The van der Waals surface area contributed by atoms with Crippen molar-refractivity contribution in [3.8, 4) is 0 Å². The first-order valence-corrected chi connectivity index (χ1v) is 8.27. The van der Waals surface area contributed by atoms with Crippen LogP contribution >= 0.6 is 0 Å². The molecule has 0 amide bonds. The number of benzene rings is 2. The number of likely N-dealkylation sites (N-methyl/N-ethyl adjacent to an activating group) is 1. The quantitative estimate of drug-likeness (QED) is 0.783. The van der Waals surface area contributed by atoms with E-state index in [0.29, 0.717) is 0 Å². The smallest absolute Gasteiger partial charge is 0.0912 e. The maximum atomic E-state index is 2.60. The summed E-state index contributed by atoms with van der Waals surface area (Å²) in [5.74, 6) is 0. The zero-order valence-corrected chi connectivity index (χ0v) is 13.8. The van der Waals surface area contributed by atoms with Crippen LogP contribution in [0, 0.1) is 0 Å². The summed E-state index contributed by atoms with van der Waals surface area (Å²) >= 11 is 0. The highest BCUT2D eigenvalue weighted by atomic mass is 15.4. The van der Waals surface area contributed by atoms with Gasteiger partial charge in [0, 0.05) is 19.6 Å². The highest BCUT2D eigenvalue weighted by molar-refractivity contribution is 5.32. The highest BCUT2D eigenvalue weighted by Crippen LogP contribution is 2.18. The number of hydrogen-bond acceptors (Lipinski definition) is 1. The summed E-state index contributed by atoms with van der Waals surface area (Å²) in [6, 6.07) is 19.7. The van der Waals surface area contributed by atoms with Gasteiger partial charge in [0.1, 0.15) is 0 Å². The van der Waals surface area contributed by atoms with Gasteiger partial charge < -0.3 is 4.48 Å². The number of piperazine rings is 1. The van der Waals surface area contributed by atoms with Crippen LogP contribution in [0.4, 0.5) is 0 Å². The van der Waals surface area contributed by atoms with E-state index in [1.807, 2.05) is 0 Å². The number of hydrogen-bond donors (Lipinski definition) is 0. The molecule has 0 saturated carbocycles. The molecular formula is C20H27N2+. The predicted molar refractivity (Wildman–Crippen MR) is 92.8 cm³/mol. The number of quaternary nitrogens is 1. The van der Waals surface area contributed by atoms with Crippen molar-refractivity contribution in [2.24, 2.45) is 0 Å². The summed E-state index contributed by atoms with van der Waals surface area (Å²) in [6.45, 7) is 5.99. The van der Waals surface area contributed by atoms with E-state index >= 15 is 0 Å². The van der Waals surface area contributed by atoms with Crippen LogP contribution in [0.1, 0.15) is 16.7 Å². The molecule has 0 bridgehead atoms. The Bertz CT molecular complexity index is 594. The van der Waals surface area contributed by atoms with Crippen LogP contribution in [0.3, 0.4) is 0 Å². The molecule has 2 heteroatoms. The first-order valence-electron chi connectivity index (χ1n) is 8.27. The van der Waals surface area contributed by atoms with Gasteiger partial charge in [0.05, 0.1) is 27.2 Å². The fraction of sp³-hybridized carbons (Fsp3) is 0.400. The molecule has 2 aromatic rings. The van der Waals surface area contributed by atoms with E-state index in [-0.39, 0.29) is 0 Å². The van der Waals surface area contributed by atoms with Crippen LogP contribution in [0.5, 0.6) is 0 Å². The SMILES string of the molecule is C[N+]1(C)CCN(Cc2ccccc2Cc2ccccc2)CC1. The molecule has 1 aliphatic heterocycles. The van der Waals surface area contributed by atoms with Crippen LogP contribution in [-0.4, -0.2) is 49.7 Å². The second-order valence-electron chi connectivity index (χ2n) is 7.09. The lowest BCUT2D eigenvalue weighted by Gasteiger charge is -2.39. The van der Waals surface area contributed by atoms with Crippen molar-refractivity contribution in [2.45, 2.75) is 13.0 Å². The third kappa shape index (κ3) is 3.96. The molecule has 0 aliphatic carbocycles. The van der Waals surface area contributed by atoms with Gasteiger partial charge in [-0.25, -0.2) is 0 Å². The first-order chi connectivity index (χ1) is 10.6. The third-order valence-electron chi connectivity index (χ3n) is 4.79. The Balaban J connectivity index is 1.69. The van der Waals surface area contributed by atoms with Crippen LogP contribution < -0.4 is 0 Å². The molecule has 1 saturated heterocycles. The second-order valence-corrected chi connectivity index (χ2v) is 7.09. The Morgan fingerprint density at radius 2 is 1.41 bits per heavy atom. The maximum Gasteiger partial charge on any atom is 0.0912 e. The molecule has 0 N–H and O–H groups in total. The zero-order valence-electron chi connectivity index (χ0n) is 13.8. The largest absolute Gasteiger partial charge is 0.326 e. The Labute approximate surface area is 134 Å². The fourth-order valence-corrected chi connectivity index (χ4v) is 3.15. The van der Waals surface area contributed by atoms with E-state index < -0.39 is 0 Å². The molecule has 0 spiro atoms. The van der Waals surface area contributed by atoms with E-state index in [1.165, 1.54) is 42.9 Å². The Hall–Kier alpha value is -1.64. The summed E-state index contributed by atoms with van der Waals surface area (Å²) in [4.78, 5) is 2.60. The van der Waals surface area contributed by atoms with Gasteiger partial charge in [-0.2, -0.15) is 0 Å². The molecule has 0 aromatic heterocycles. The van der Waals surface area contributed by atoms with Crippen molar-refractivity contribution >= 4 is 0 Å². The molecule has 0 radical (unpaired) electrons. The molecular weight excluding hydrogens is 268 g/mol. The van der Waals surface area contributed by atoms with E-state index in [0.717, 1.165) is 17.4 Å². The third-order valence-corrected chi connectivity index (χ3v) is 4.79. The molecule has 1 heterocycles. The summed E-state index contributed by atoms with van der Waals surface area (Å²) in [5.41, 5.74) is 4.35. The first kappa shape index (κ1) is 15.3. The van der Waals surface area contributed by atoms with Gasteiger partial charge in [-0.1, -0.05) is 54.6 Å². The van der Waals surface area contributed by atoms with E-state index in [9.17, 15) is 0 Å². The normalized spacial score (nSPS) is 18.3. The van der Waals surface area contributed by atoms with Gasteiger partial charge in [0.15, 0.2) is 0 Å². The minimum Gasteiger partial charge on any atom is -0.326 e. The van der Waals surface area contributed by atoms with Crippen LogP contribution in [-0.2, 0) is 13.0 Å². The summed E-state index contributed by atoms with van der Waals surface area (Å²) in [5, 5.41) is 0. The Morgan fingerprint density at radius 3 is 2.09 bits per heavy atom. The molecule has 3 rings (SSSR count). The maximum absolute atomic E-state index is 2.60. The molecule has 1 aliphatic rings. The molecule has 116 valence electrons. The molecule has 0 unspecified atom stereocenters. The molecule has 1 fully saturated rings. The zero-order chi connectivity index (χ0) is 15.4. The van der Waals surface area contributed by atoms with Gasteiger partial charge in [-0.3, -0.25) is 4.90 Å². The minimum atomic E-state index is 1.03. The van der Waals surface area contributed by atoms with Crippen molar-refractivity contribution < 1.29 is 4.48 Å². The Morgan fingerprint density at radius 1 is 0.818 bits per heavy atom. The lowest BCUT2D eigenvalue weighted by Crippen LogP contribution is -2.54. The Kier molecular flexibility index (Phi) is 4.60. The van der Waals surface area contributed by atoms with Gasteiger partial charge in [-0.15, -0.1) is 0 Å². The standard InChI is InChI=1S/C20H27N2/c1-22(2)14-12-21(13-15-22)17-20-11-7-6-10-19(20)16-18-8-4-3-5-9-18/h3-11H,12-17H2,1-2H3/q+1. The monoisotopic (exact) mass is 295 g/mol. The highest BCUT2D eigenvalue weighted by Gasteiger charge is 2.24. The summed E-state index contributed by atoms with van der Waals surface area (Å²) in [6.07, 6.45) is 1.03. The molecule has 2 aromatic carbocycles. The van der Waals surface area contributed by atoms with Gasteiger partial charge in [0.2, 0.25) is 0 Å². The minimum absolute atomic E-state index is 1.03. The van der Waals surface area contributed by atoms with E-state index in [2.05, 4.69) is 73.6 Å². The number of rotatable bonds is 4. The van der Waals surface area contributed by atoms with Crippen LogP contribution in [0.2, 0.25) is 0 Å². The van der Waals surface area contributed by atoms with Crippen molar-refractivity contribution in [1.29, 1.82) is 0 Å². The summed E-state index contributed by atoms with van der Waals surface area (Å²) in [7, 11) is 4.67. The molecule has 22 heavy (non-hydrogen) atoms. The summed E-state index contributed by atoms with van der Waals surface area (Å²) < 4.78 is 1.15. The average molecular weight is 295 g/mol. The van der Waals surface area contributed by atoms with E-state index in [4.69, 9.17) is 0 Å². The van der Waals surface area contributed by atoms with Crippen molar-refractivity contribution in [3.05, 3.63) is 71.3 Å². The second kappa shape index (κ2) is 6.64. The van der Waals surface area contributed by atoms with Gasteiger partial charge >= 0.3 is 0 Å². The van der Waals surface area contributed by atoms with Crippen LogP contribution in [0.15, 0.2) is 54.6 Å². The van der Waals surface area contributed by atoms with Crippen molar-refractivity contribution in [3.63, 3.8) is 0 Å². The topological polar surface area (TPSA) is 3.24 Å². The van der Waals surface area contributed by atoms with Crippen LogP contribution in [0.25, 0.3) is 0 Å². The van der Waals surface area contributed by atoms with Gasteiger partial charge in [-0.05, 0) is 23.1 Å². The van der Waals surface area contributed by atoms with Gasteiger partial charge in [0.25, 0.3) is 0 Å². The van der Waals surface area contributed by atoms with Crippen molar-refractivity contribution in [2.75, 3.05) is 40.3 Å². The predicted octanol–water partition coefficient (Wildman–Crippen LogP) is 3.17. The molecule has 2 nitrogen and oxygen atoms in total. The van der Waals surface area contributed by atoms with E-state index in [1.54, 1.807) is 0 Å². The average Bonchev–Trinajstić information content (AvgIpc) is 2.52. The number of nitrogens with zero attached hydrogens (tertiary/aromatic N) is 2. The lowest BCUT2D eigenvalue weighted by atomic mass is 9.99. The fourth-order valence-electron chi connectivity index (χ4n) is 3.15. The lowest BCUT2D eigenvalue weighted by molar-refractivity contribution is -0.894. The van der Waals surface area contributed by atoms with Crippen molar-refractivity contribution in [1.82, 2.24) is 4.90 Å².